The number of nitriles is 1. The van der Waals surface area contributed by atoms with Crippen molar-refractivity contribution in [1.82, 2.24) is 10.2 Å². The summed E-state index contributed by atoms with van der Waals surface area (Å²) in [5.41, 5.74) is 5.90. The summed E-state index contributed by atoms with van der Waals surface area (Å²) in [5, 5.41) is 11.1. The lowest BCUT2D eigenvalue weighted by molar-refractivity contribution is -0.122. The molecule has 5 nitrogen and oxygen atoms in total. The molecule has 1 heterocycles. The standard InChI is InChI=1S/C12H22N4O/c1-10(14)11-4-2-7-16(8-11)9-12(17)15-6-3-5-13/h10-11H,2-4,6-9,14H2,1H3,(H,15,17). The molecule has 0 aliphatic carbocycles. The van der Waals surface area contributed by atoms with Crippen molar-refractivity contribution in [3.8, 4) is 6.07 Å². The number of nitrogens with two attached hydrogens (primary N) is 1. The van der Waals surface area contributed by atoms with Crippen LogP contribution < -0.4 is 11.1 Å². The predicted molar refractivity (Wildman–Crippen MR) is 66.1 cm³/mol. The first kappa shape index (κ1) is 13.9. The minimum atomic E-state index is 0.00516. The molecule has 1 rings (SSSR count). The summed E-state index contributed by atoms with van der Waals surface area (Å²) in [6, 6.07) is 2.20. The molecule has 0 radical (unpaired) electrons. The van der Waals surface area contributed by atoms with Gasteiger partial charge in [0.1, 0.15) is 0 Å². The van der Waals surface area contributed by atoms with Crippen LogP contribution in [0, 0.1) is 17.2 Å². The first-order valence-corrected chi connectivity index (χ1v) is 6.25. The van der Waals surface area contributed by atoms with E-state index in [-0.39, 0.29) is 11.9 Å². The zero-order valence-electron chi connectivity index (χ0n) is 10.5. The predicted octanol–water partition coefficient (Wildman–Crippen LogP) is 0.0755. The SMILES string of the molecule is CC(N)C1CCCN(CC(=O)NCCC#N)C1. The van der Waals surface area contributed by atoms with Crippen molar-refractivity contribution in [2.24, 2.45) is 11.7 Å². The average molecular weight is 238 g/mol. The molecular weight excluding hydrogens is 216 g/mol. The smallest absolute Gasteiger partial charge is 0.234 e. The van der Waals surface area contributed by atoms with Crippen LogP contribution in [0.5, 0.6) is 0 Å². The second-order valence-corrected chi connectivity index (χ2v) is 4.75. The van der Waals surface area contributed by atoms with Gasteiger partial charge in [-0.1, -0.05) is 0 Å². The topological polar surface area (TPSA) is 82.2 Å². The molecule has 0 aromatic heterocycles. The number of piperidine rings is 1. The van der Waals surface area contributed by atoms with Gasteiger partial charge in [-0.2, -0.15) is 5.26 Å². The third-order valence-corrected chi connectivity index (χ3v) is 3.21. The van der Waals surface area contributed by atoms with E-state index in [0.717, 1.165) is 25.9 Å². The third-order valence-electron chi connectivity index (χ3n) is 3.21. The molecule has 17 heavy (non-hydrogen) atoms. The van der Waals surface area contributed by atoms with Crippen molar-refractivity contribution >= 4 is 5.91 Å². The average Bonchev–Trinajstić information content (AvgIpc) is 2.29. The molecule has 0 aromatic carbocycles. The zero-order chi connectivity index (χ0) is 12.7. The van der Waals surface area contributed by atoms with Gasteiger partial charge >= 0.3 is 0 Å². The van der Waals surface area contributed by atoms with Crippen LogP contribution >= 0.6 is 0 Å². The van der Waals surface area contributed by atoms with Gasteiger partial charge in [0.05, 0.1) is 19.0 Å². The molecule has 1 fully saturated rings. The Bertz CT molecular complexity index is 285. The Morgan fingerprint density at radius 3 is 3.12 bits per heavy atom. The zero-order valence-corrected chi connectivity index (χ0v) is 10.5. The summed E-state index contributed by atoms with van der Waals surface area (Å²) in [6.45, 7) is 4.77. The van der Waals surface area contributed by atoms with E-state index in [1.54, 1.807) is 0 Å². The quantitative estimate of drug-likeness (QED) is 0.664. The normalized spacial score (nSPS) is 22.8. The van der Waals surface area contributed by atoms with E-state index < -0.39 is 0 Å². The van der Waals surface area contributed by atoms with E-state index in [2.05, 4.69) is 10.2 Å². The van der Waals surface area contributed by atoms with Gasteiger partial charge in [0.2, 0.25) is 5.91 Å². The Morgan fingerprint density at radius 2 is 2.47 bits per heavy atom. The van der Waals surface area contributed by atoms with Crippen molar-refractivity contribution in [1.29, 1.82) is 5.26 Å². The van der Waals surface area contributed by atoms with Gasteiger partial charge in [0, 0.05) is 19.1 Å². The number of hydrogen-bond donors (Lipinski definition) is 2. The number of carbonyl (C=O) groups excluding carboxylic acids is 1. The highest BCUT2D eigenvalue weighted by molar-refractivity contribution is 5.78. The Morgan fingerprint density at radius 1 is 1.71 bits per heavy atom. The van der Waals surface area contributed by atoms with E-state index in [1.807, 2.05) is 13.0 Å². The van der Waals surface area contributed by atoms with Gasteiger partial charge in [-0.25, -0.2) is 0 Å². The van der Waals surface area contributed by atoms with E-state index in [9.17, 15) is 4.79 Å². The monoisotopic (exact) mass is 238 g/mol. The molecule has 2 atom stereocenters. The van der Waals surface area contributed by atoms with Gasteiger partial charge in [-0.05, 0) is 32.2 Å². The fourth-order valence-corrected chi connectivity index (χ4v) is 2.18. The number of rotatable bonds is 5. The molecule has 1 amide bonds. The molecular formula is C12H22N4O. The Labute approximate surface area is 103 Å². The van der Waals surface area contributed by atoms with Gasteiger partial charge < -0.3 is 11.1 Å². The second-order valence-electron chi connectivity index (χ2n) is 4.75. The van der Waals surface area contributed by atoms with Crippen LogP contribution in [0.3, 0.4) is 0 Å². The molecule has 0 bridgehead atoms. The van der Waals surface area contributed by atoms with Gasteiger partial charge in [0.25, 0.3) is 0 Å². The maximum atomic E-state index is 11.6. The van der Waals surface area contributed by atoms with E-state index in [0.29, 0.717) is 25.4 Å². The second kappa shape index (κ2) is 7.25. The highest BCUT2D eigenvalue weighted by Crippen LogP contribution is 2.18. The van der Waals surface area contributed by atoms with Crippen molar-refractivity contribution in [3.63, 3.8) is 0 Å². The molecule has 5 heteroatoms. The van der Waals surface area contributed by atoms with E-state index in [4.69, 9.17) is 11.0 Å². The number of amides is 1. The summed E-state index contributed by atoms with van der Waals surface area (Å²) in [7, 11) is 0. The van der Waals surface area contributed by atoms with Crippen molar-refractivity contribution < 1.29 is 4.79 Å². The highest BCUT2D eigenvalue weighted by Gasteiger charge is 2.23. The van der Waals surface area contributed by atoms with Crippen LogP contribution in [0.4, 0.5) is 0 Å². The van der Waals surface area contributed by atoms with Crippen molar-refractivity contribution in [3.05, 3.63) is 0 Å². The lowest BCUT2D eigenvalue weighted by Gasteiger charge is -2.34. The highest BCUT2D eigenvalue weighted by atomic mass is 16.2. The molecule has 1 aliphatic rings. The number of nitrogens with one attached hydrogen (secondary N) is 1. The maximum absolute atomic E-state index is 11.6. The van der Waals surface area contributed by atoms with E-state index in [1.165, 1.54) is 0 Å². The van der Waals surface area contributed by atoms with E-state index >= 15 is 0 Å². The third kappa shape index (κ3) is 5.16. The number of likely N-dealkylation sites (tertiary alicyclic amines) is 1. The lowest BCUT2D eigenvalue weighted by atomic mass is 9.92. The number of hydrogen-bond acceptors (Lipinski definition) is 4. The molecule has 96 valence electrons. The minimum Gasteiger partial charge on any atom is -0.354 e. The number of nitrogens with zero attached hydrogens (tertiary/aromatic N) is 2. The minimum absolute atomic E-state index is 0.00516. The molecule has 1 saturated heterocycles. The summed E-state index contributed by atoms with van der Waals surface area (Å²) in [5.74, 6) is 0.501. The Hall–Kier alpha value is -1.12. The molecule has 0 saturated carbocycles. The molecule has 0 aromatic rings. The van der Waals surface area contributed by atoms with Gasteiger partial charge in [-0.15, -0.1) is 0 Å². The fraction of sp³-hybridized carbons (Fsp3) is 0.833. The van der Waals surface area contributed by atoms with Crippen LogP contribution in [0.1, 0.15) is 26.2 Å². The maximum Gasteiger partial charge on any atom is 0.234 e. The Balaban J connectivity index is 2.26. The molecule has 3 N–H and O–H groups in total. The molecule has 1 aliphatic heterocycles. The number of carbonyl (C=O) groups is 1. The fourth-order valence-electron chi connectivity index (χ4n) is 2.18. The first-order valence-electron chi connectivity index (χ1n) is 6.25. The Kier molecular flexibility index (Phi) is 5.95. The summed E-state index contributed by atoms with van der Waals surface area (Å²) < 4.78 is 0. The summed E-state index contributed by atoms with van der Waals surface area (Å²) in [6.07, 6.45) is 2.64. The molecule has 2 unspecified atom stereocenters. The lowest BCUT2D eigenvalue weighted by Crippen LogP contribution is -2.46. The summed E-state index contributed by atoms with van der Waals surface area (Å²) >= 11 is 0. The first-order chi connectivity index (χ1) is 8.13. The van der Waals surface area contributed by atoms with Crippen LogP contribution in [0.15, 0.2) is 0 Å². The van der Waals surface area contributed by atoms with Crippen LogP contribution in [0.25, 0.3) is 0 Å². The summed E-state index contributed by atoms with van der Waals surface area (Å²) in [4.78, 5) is 13.7. The largest absolute Gasteiger partial charge is 0.354 e. The van der Waals surface area contributed by atoms with Crippen LogP contribution in [-0.2, 0) is 4.79 Å². The van der Waals surface area contributed by atoms with Crippen molar-refractivity contribution in [2.75, 3.05) is 26.2 Å². The van der Waals surface area contributed by atoms with Gasteiger partial charge in [0.15, 0.2) is 0 Å². The molecule has 0 spiro atoms. The van der Waals surface area contributed by atoms with Crippen molar-refractivity contribution in [2.45, 2.75) is 32.2 Å². The van der Waals surface area contributed by atoms with Crippen LogP contribution in [-0.4, -0.2) is 43.0 Å². The van der Waals surface area contributed by atoms with Crippen LogP contribution in [0.2, 0.25) is 0 Å². The van der Waals surface area contributed by atoms with Gasteiger partial charge in [-0.3, -0.25) is 9.69 Å².